The molecule has 1 aliphatic heterocycles. The maximum atomic E-state index is 6.03. The number of pyridine rings is 1. The second-order valence-corrected chi connectivity index (χ2v) is 5.92. The Hall–Kier alpha value is -0.700. The van der Waals surface area contributed by atoms with E-state index in [0.717, 1.165) is 36.0 Å². The van der Waals surface area contributed by atoms with Gasteiger partial charge < -0.3 is 15.5 Å². The Balaban J connectivity index is 0.00000200. The minimum absolute atomic E-state index is 0. The van der Waals surface area contributed by atoms with Crippen LogP contribution >= 0.6 is 35.7 Å². The monoisotopic (exact) mass is 407 g/mol. The van der Waals surface area contributed by atoms with Crippen LogP contribution in [0.5, 0.6) is 0 Å². The van der Waals surface area contributed by atoms with Crippen LogP contribution in [0.4, 0.5) is 5.82 Å². The Kier molecular flexibility index (Phi) is 7.42. The van der Waals surface area contributed by atoms with Crippen molar-refractivity contribution < 1.29 is 0 Å². The maximum absolute atomic E-state index is 6.03. The van der Waals surface area contributed by atoms with E-state index in [1.165, 1.54) is 0 Å². The summed E-state index contributed by atoms with van der Waals surface area (Å²) in [6, 6.07) is 4.03. The molecule has 0 saturated carbocycles. The Morgan fingerprint density at radius 3 is 2.80 bits per heavy atom. The van der Waals surface area contributed by atoms with Crippen LogP contribution in [-0.4, -0.2) is 54.5 Å². The quantitative estimate of drug-likeness (QED) is 0.469. The van der Waals surface area contributed by atoms with Gasteiger partial charge in [-0.1, -0.05) is 0 Å². The highest BCUT2D eigenvalue weighted by atomic mass is 127. The molecule has 112 valence electrons. The fourth-order valence-electron chi connectivity index (χ4n) is 1.87. The molecule has 1 fully saturated rings. The predicted molar refractivity (Wildman–Crippen MR) is 98.2 cm³/mol. The molecule has 0 atom stereocenters. The number of halogens is 1. The summed E-state index contributed by atoms with van der Waals surface area (Å²) in [4.78, 5) is 12.9. The minimum Gasteiger partial charge on any atom is -0.370 e. The average Bonchev–Trinajstić information content (AvgIpc) is 2.46. The van der Waals surface area contributed by atoms with Gasteiger partial charge in [-0.15, -0.1) is 24.0 Å². The highest BCUT2D eigenvalue weighted by Crippen LogP contribution is 2.11. The SMILES string of the molecule is CN(C)c1cc(CN=C(N)N2CCSCC2)ccn1.I. The van der Waals surface area contributed by atoms with Crippen molar-refractivity contribution in [1.29, 1.82) is 0 Å². The number of hydrogen-bond acceptors (Lipinski definition) is 4. The number of aromatic nitrogens is 1. The van der Waals surface area contributed by atoms with Crippen molar-refractivity contribution in [3.05, 3.63) is 23.9 Å². The molecule has 2 heterocycles. The van der Waals surface area contributed by atoms with Gasteiger partial charge in [-0.2, -0.15) is 11.8 Å². The number of guanidine groups is 1. The number of hydrogen-bond donors (Lipinski definition) is 1. The van der Waals surface area contributed by atoms with Gasteiger partial charge in [-0.25, -0.2) is 9.98 Å². The lowest BCUT2D eigenvalue weighted by Gasteiger charge is -2.27. The van der Waals surface area contributed by atoms with Crippen molar-refractivity contribution in [3.63, 3.8) is 0 Å². The lowest BCUT2D eigenvalue weighted by atomic mass is 10.2. The van der Waals surface area contributed by atoms with E-state index in [9.17, 15) is 0 Å². The lowest BCUT2D eigenvalue weighted by molar-refractivity contribution is 0.455. The first-order chi connectivity index (χ1) is 9.16. The summed E-state index contributed by atoms with van der Waals surface area (Å²) in [5, 5.41) is 0. The highest BCUT2D eigenvalue weighted by Gasteiger charge is 2.11. The first-order valence-electron chi connectivity index (χ1n) is 6.41. The largest absolute Gasteiger partial charge is 0.370 e. The first kappa shape index (κ1) is 17.4. The van der Waals surface area contributed by atoms with Crippen LogP contribution in [-0.2, 0) is 6.54 Å². The van der Waals surface area contributed by atoms with Gasteiger partial charge in [0.2, 0.25) is 0 Å². The molecule has 0 aromatic carbocycles. The van der Waals surface area contributed by atoms with Gasteiger partial charge in [-0.05, 0) is 17.7 Å². The third-order valence-corrected chi connectivity index (χ3v) is 3.97. The molecule has 0 amide bonds. The molecule has 5 nitrogen and oxygen atoms in total. The number of anilines is 1. The van der Waals surface area contributed by atoms with E-state index < -0.39 is 0 Å². The molecule has 2 rings (SSSR count). The summed E-state index contributed by atoms with van der Waals surface area (Å²) in [5.41, 5.74) is 7.17. The molecule has 1 saturated heterocycles. The predicted octanol–water partition coefficient (Wildman–Crippen LogP) is 1.63. The average molecular weight is 407 g/mol. The van der Waals surface area contributed by atoms with Crippen LogP contribution in [0.3, 0.4) is 0 Å². The summed E-state index contributed by atoms with van der Waals surface area (Å²) >= 11 is 1.97. The topological polar surface area (TPSA) is 57.8 Å². The van der Waals surface area contributed by atoms with Gasteiger partial charge in [0.1, 0.15) is 5.82 Å². The smallest absolute Gasteiger partial charge is 0.191 e. The van der Waals surface area contributed by atoms with Crippen molar-refractivity contribution in [2.24, 2.45) is 10.7 Å². The molecule has 20 heavy (non-hydrogen) atoms. The fraction of sp³-hybridized carbons (Fsp3) is 0.538. The zero-order valence-electron chi connectivity index (χ0n) is 12.0. The van der Waals surface area contributed by atoms with E-state index in [2.05, 4.69) is 14.9 Å². The van der Waals surface area contributed by atoms with E-state index in [1.807, 2.05) is 49.1 Å². The Labute approximate surface area is 142 Å². The Bertz CT molecular complexity index is 446. The Morgan fingerprint density at radius 2 is 2.15 bits per heavy atom. The van der Waals surface area contributed by atoms with Crippen LogP contribution in [0.1, 0.15) is 5.56 Å². The third-order valence-electron chi connectivity index (χ3n) is 3.03. The molecule has 0 spiro atoms. The highest BCUT2D eigenvalue weighted by molar-refractivity contribution is 14.0. The van der Waals surface area contributed by atoms with Crippen molar-refractivity contribution in [1.82, 2.24) is 9.88 Å². The van der Waals surface area contributed by atoms with E-state index >= 15 is 0 Å². The van der Waals surface area contributed by atoms with E-state index in [-0.39, 0.29) is 24.0 Å². The van der Waals surface area contributed by atoms with Crippen molar-refractivity contribution in [2.45, 2.75) is 6.54 Å². The van der Waals surface area contributed by atoms with Crippen LogP contribution < -0.4 is 10.6 Å². The van der Waals surface area contributed by atoms with Gasteiger partial charge >= 0.3 is 0 Å². The normalized spacial score (nSPS) is 15.7. The zero-order valence-corrected chi connectivity index (χ0v) is 15.1. The van der Waals surface area contributed by atoms with Crippen molar-refractivity contribution in [2.75, 3.05) is 43.6 Å². The number of aliphatic imine (C=N–C) groups is 1. The molecule has 0 unspecified atom stereocenters. The summed E-state index contributed by atoms with van der Waals surface area (Å²) in [5.74, 6) is 3.87. The number of thioether (sulfide) groups is 1. The summed E-state index contributed by atoms with van der Waals surface area (Å²) < 4.78 is 0. The molecule has 1 aliphatic rings. The van der Waals surface area contributed by atoms with Gasteiger partial charge in [0.15, 0.2) is 5.96 Å². The van der Waals surface area contributed by atoms with E-state index in [1.54, 1.807) is 0 Å². The molecule has 7 heteroatoms. The van der Waals surface area contributed by atoms with Gasteiger partial charge in [0.25, 0.3) is 0 Å². The van der Waals surface area contributed by atoms with E-state index in [4.69, 9.17) is 5.73 Å². The second-order valence-electron chi connectivity index (χ2n) is 4.69. The molecule has 1 aromatic heterocycles. The molecular formula is C13H22IN5S. The first-order valence-corrected chi connectivity index (χ1v) is 7.57. The van der Waals surface area contributed by atoms with Crippen molar-refractivity contribution in [3.8, 4) is 0 Å². The third kappa shape index (κ3) is 5.01. The standard InChI is InChI=1S/C13H21N5S.HI/c1-17(2)12-9-11(3-4-15-12)10-16-13(14)18-5-7-19-8-6-18;/h3-4,9H,5-8,10H2,1-2H3,(H2,14,16);1H. The van der Waals surface area contributed by atoms with Crippen LogP contribution in [0.2, 0.25) is 0 Å². The van der Waals surface area contributed by atoms with Crippen LogP contribution in [0.15, 0.2) is 23.3 Å². The Morgan fingerprint density at radius 1 is 1.45 bits per heavy atom. The fourth-order valence-corrected chi connectivity index (χ4v) is 2.77. The van der Waals surface area contributed by atoms with Gasteiger partial charge in [-0.3, -0.25) is 0 Å². The van der Waals surface area contributed by atoms with Gasteiger partial charge in [0, 0.05) is 44.9 Å². The molecule has 0 bridgehead atoms. The molecular weight excluding hydrogens is 385 g/mol. The van der Waals surface area contributed by atoms with Crippen LogP contribution in [0.25, 0.3) is 0 Å². The van der Waals surface area contributed by atoms with Crippen molar-refractivity contribution >= 4 is 47.5 Å². The van der Waals surface area contributed by atoms with Gasteiger partial charge in [0.05, 0.1) is 6.54 Å². The number of nitrogens with two attached hydrogens (primary N) is 1. The number of nitrogens with zero attached hydrogens (tertiary/aromatic N) is 4. The summed E-state index contributed by atoms with van der Waals surface area (Å²) in [7, 11) is 3.96. The summed E-state index contributed by atoms with van der Waals surface area (Å²) in [6.07, 6.45) is 1.81. The number of rotatable bonds is 3. The summed E-state index contributed by atoms with van der Waals surface area (Å²) in [6.45, 7) is 2.61. The molecule has 2 N–H and O–H groups in total. The zero-order chi connectivity index (χ0) is 13.7. The van der Waals surface area contributed by atoms with Crippen LogP contribution in [0, 0.1) is 0 Å². The second kappa shape index (κ2) is 8.56. The molecule has 0 aliphatic carbocycles. The molecule has 1 aromatic rings. The lowest BCUT2D eigenvalue weighted by Crippen LogP contribution is -2.42. The minimum atomic E-state index is 0. The molecule has 0 radical (unpaired) electrons. The maximum Gasteiger partial charge on any atom is 0.191 e. The van der Waals surface area contributed by atoms with E-state index in [0.29, 0.717) is 12.5 Å².